The largest absolute Gasteiger partial charge is 0.465 e. The fraction of sp³-hybridized carbons (Fsp3) is 0.714. The Kier molecular flexibility index (Phi) is 1.99. The molecule has 1 aliphatic rings. The van der Waals surface area contributed by atoms with Gasteiger partial charge in [-0.2, -0.15) is 5.26 Å². The predicted octanol–water partition coefficient (Wildman–Crippen LogP) is 0.898. The van der Waals surface area contributed by atoms with E-state index in [2.05, 4.69) is 6.07 Å². The molecular weight excluding hydrogens is 144 g/mol. The molecule has 4 heteroatoms. The van der Waals surface area contributed by atoms with Gasteiger partial charge in [-0.25, -0.2) is 4.79 Å². The number of amides is 1. The van der Waals surface area contributed by atoms with Crippen molar-refractivity contribution in [1.82, 2.24) is 4.90 Å². The third kappa shape index (κ3) is 1.27. The van der Waals surface area contributed by atoms with E-state index in [4.69, 9.17) is 10.4 Å². The average molecular weight is 154 g/mol. The average Bonchev–Trinajstić information content (AvgIpc) is 2.30. The van der Waals surface area contributed by atoms with Gasteiger partial charge in [0.2, 0.25) is 0 Å². The van der Waals surface area contributed by atoms with Crippen LogP contribution in [0.3, 0.4) is 0 Å². The molecule has 1 heterocycles. The summed E-state index contributed by atoms with van der Waals surface area (Å²) in [5.74, 6) is -0.119. The van der Waals surface area contributed by atoms with Crippen LogP contribution in [0.4, 0.5) is 4.79 Å². The molecule has 1 saturated heterocycles. The molecule has 0 aromatic carbocycles. The molecular formula is C7H10N2O2. The quantitative estimate of drug-likeness (QED) is 0.563. The highest BCUT2D eigenvalue weighted by molar-refractivity contribution is 5.65. The number of rotatable bonds is 0. The van der Waals surface area contributed by atoms with Gasteiger partial charge in [-0.1, -0.05) is 0 Å². The minimum atomic E-state index is -0.921. The first kappa shape index (κ1) is 7.86. The number of carboxylic acid groups (broad SMARTS) is 1. The van der Waals surface area contributed by atoms with Gasteiger partial charge in [0.1, 0.15) is 0 Å². The number of hydrogen-bond donors (Lipinski definition) is 1. The molecule has 0 aliphatic carbocycles. The number of carbonyl (C=O) groups is 1. The Labute approximate surface area is 65.0 Å². The van der Waals surface area contributed by atoms with E-state index in [1.165, 1.54) is 4.90 Å². The molecule has 0 aromatic rings. The highest BCUT2D eigenvalue weighted by Crippen LogP contribution is 2.22. The van der Waals surface area contributed by atoms with Gasteiger partial charge in [0.25, 0.3) is 0 Å². The maximum atomic E-state index is 10.5. The van der Waals surface area contributed by atoms with Gasteiger partial charge in [0.05, 0.1) is 12.0 Å². The first-order valence-electron chi connectivity index (χ1n) is 3.56. The van der Waals surface area contributed by atoms with E-state index in [1.807, 2.05) is 0 Å². The summed E-state index contributed by atoms with van der Waals surface area (Å²) in [6.45, 7) is 2.27. The maximum Gasteiger partial charge on any atom is 0.407 e. The first-order valence-corrected chi connectivity index (χ1v) is 3.56. The highest BCUT2D eigenvalue weighted by atomic mass is 16.4. The molecule has 1 fully saturated rings. The summed E-state index contributed by atoms with van der Waals surface area (Å²) in [6, 6.07) is 1.95. The molecule has 0 unspecified atom stereocenters. The number of nitrogens with zero attached hydrogens (tertiary/aromatic N) is 2. The predicted molar refractivity (Wildman–Crippen MR) is 37.9 cm³/mol. The molecule has 2 atom stereocenters. The zero-order valence-electron chi connectivity index (χ0n) is 6.32. The van der Waals surface area contributed by atoms with E-state index in [9.17, 15) is 4.79 Å². The second-order valence-corrected chi connectivity index (χ2v) is 2.74. The molecule has 1 aliphatic heterocycles. The van der Waals surface area contributed by atoms with Crippen LogP contribution < -0.4 is 0 Å². The van der Waals surface area contributed by atoms with E-state index in [0.717, 1.165) is 0 Å². The monoisotopic (exact) mass is 154 g/mol. The van der Waals surface area contributed by atoms with E-state index in [-0.39, 0.29) is 12.0 Å². The molecule has 0 aromatic heterocycles. The molecule has 0 radical (unpaired) electrons. The molecule has 1 rings (SSSR count). The Hall–Kier alpha value is -1.24. The summed E-state index contributed by atoms with van der Waals surface area (Å²) >= 11 is 0. The van der Waals surface area contributed by atoms with Crippen molar-refractivity contribution in [3.05, 3.63) is 0 Å². The Morgan fingerprint density at radius 2 is 2.45 bits per heavy atom. The smallest absolute Gasteiger partial charge is 0.407 e. The van der Waals surface area contributed by atoms with Gasteiger partial charge in [0.15, 0.2) is 0 Å². The van der Waals surface area contributed by atoms with Gasteiger partial charge >= 0.3 is 6.09 Å². The lowest BCUT2D eigenvalue weighted by molar-refractivity contribution is 0.141. The van der Waals surface area contributed by atoms with Crippen LogP contribution in [0.25, 0.3) is 0 Å². The van der Waals surface area contributed by atoms with Crippen molar-refractivity contribution in [3.63, 3.8) is 0 Å². The van der Waals surface area contributed by atoms with Gasteiger partial charge in [-0.05, 0) is 13.3 Å². The van der Waals surface area contributed by atoms with Gasteiger partial charge < -0.3 is 10.0 Å². The van der Waals surface area contributed by atoms with Crippen LogP contribution in [-0.2, 0) is 0 Å². The SMILES string of the molecule is C[C@H]1[C@H](C#N)CCN1C(=O)O. The molecule has 0 saturated carbocycles. The summed E-state index contributed by atoms with van der Waals surface area (Å²) < 4.78 is 0. The minimum Gasteiger partial charge on any atom is -0.465 e. The molecule has 1 amide bonds. The first-order chi connectivity index (χ1) is 5.16. The van der Waals surface area contributed by atoms with Crippen molar-refractivity contribution in [3.8, 4) is 6.07 Å². The third-order valence-electron chi connectivity index (χ3n) is 2.17. The second-order valence-electron chi connectivity index (χ2n) is 2.74. The lowest BCUT2D eigenvalue weighted by Gasteiger charge is -2.17. The summed E-state index contributed by atoms with van der Waals surface area (Å²) in [7, 11) is 0. The van der Waals surface area contributed by atoms with Crippen LogP contribution in [0, 0.1) is 17.2 Å². The van der Waals surface area contributed by atoms with Crippen LogP contribution in [0.2, 0.25) is 0 Å². The fourth-order valence-electron chi connectivity index (χ4n) is 1.38. The summed E-state index contributed by atoms with van der Waals surface area (Å²) in [6.07, 6.45) is -0.250. The van der Waals surface area contributed by atoms with Gasteiger partial charge in [-0.3, -0.25) is 0 Å². The molecule has 0 spiro atoms. The van der Waals surface area contributed by atoms with Crippen molar-refractivity contribution >= 4 is 6.09 Å². The van der Waals surface area contributed by atoms with Crippen LogP contribution in [0.5, 0.6) is 0 Å². The highest BCUT2D eigenvalue weighted by Gasteiger charge is 2.33. The standard InChI is InChI=1S/C7H10N2O2/c1-5-6(4-8)2-3-9(5)7(10)11/h5-6H,2-3H2,1H3,(H,10,11)/t5-,6-/m0/s1. The Morgan fingerprint density at radius 3 is 2.73 bits per heavy atom. The Morgan fingerprint density at radius 1 is 1.82 bits per heavy atom. The van der Waals surface area contributed by atoms with Crippen molar-refractivity contribution in [2.45, 2.75) is 19.4 Å². The van der Waals surface area contributed by atoms with E-state index >= 15 is 0 Å². The number of likely N-dealkylation sites (tertiary alicyclic amines) is 1. The van der Waals surface area contributed by atoms with E-state index in [0.29, 0.717) is 13.0 Å². The summed E-state index contributed by atoms with van der Waals surface area (Å²) in [5, 5.41) is 17.2. The minimum absolute atomic E-state index is 0.119. The number of nitriles is 1. The molecule has 1 N–H and O–H groups in total. The van der Waals surface area contributed by atoms with E-state index < -0.39 is 6.09 Å². The normalized spacial score (nSPS) is 30.0. The van der Waals surface area contributed by atoms with Crippen LogP contribution >= 0.6 is 0 Å². The molecule has 4 nitrogen and oxygen atoms in total. The number of hydrogen-bond acceptors (Lipinski definition) is 2. The lowest BCUT2D eigenvalue weighted by Crippen LogP contribution is -2.34. The van der Waals surface area contributed by atoms with Crippen molar-refractivity contribution in [2.24, 2.45) is 5.92 Å². The van der Waals surface area contributed by atoms with Crippen molar-refractivity contribution in [1.29, 1.82) is 5.26 Å². The molecule has 0 bridgehead atoms. The van der Waals surface area contributed by atoms with Crippen LogP contribution in [0.1, 0.15) is 13.3 Å². The lowest BCUT2D eigenvalue weighted by atomic mass is 10.0. The molecule has 60 valence electrons. The Balaban J connectivity index is 2.64. The third-order valence-corrected chi connectivity index (χ3v) is 2.17. The summed E-state index contributed by atoms with van der Waals surface area (Å²) in [4.78, 5) is 11.8. The molecule has 11 heavy (non-hydrogen) atoms. The van der Waals surface area contributed by atoms with Crippen molar-refractivity contribution < 1.29 is 9.90 Å². The van der Waals surface area contributed by atoms with E-state index in [1.54, 1.807) is 6.92 Å². The fourth-order valence-corrected chi connectivity index (χ4v) is 1.38. The second kappa shape index (κ2) is 2.79. The van der Waals surface area contributed by atoms with Gasteiger partial charge in [-0.15, -0.1) is 0 Å². The Bertz CT molecular complexity index is 209. The van der Waals surface area contributed by atoms with Crippen LogP contribution in [-0.4, -0.2) is 28.7 Å². The topological polar surface area (TPSA) is 64.3 Å². The zero-order valence-corrected chi connectivity index (χ0v) is 6.32. The maximum absolute atomic E-state index is 10.5. The zero-order chi connectivity index (χ0) is 8.43. The van der Waals surface area contributed by atoms with Crippen LogP contribution in [0.15, 0.2) is 0 Å². The van der Waals surface area contributed by atoms with Gasteiger partial charge in [0, 0.05) is 12.6 Å². The van der Waals surface area contributed by atoms with Crippen molar-refractivity contribution in [2.75, 3.05) is 6.54 Å². The summed E-state index contributed by atoms with van der Waals surface area (Å²) in [5.41, 5.74) is 0.